The molecule has 1 fully saturated rings. The highest BCUT2D eigenvalue weighted by molar-refractivity contribution is 8.00. The van der Waals surface area contributed by atoms with Gasteiger partial charge in [-0.25, -0.2) is 0 Å². The summed E-state index contributed by atoms with van der Waals surface area (Å²) in [4.78, 5) is 14.3. The molecule has 2 N–H and O–H groups in total. The maximum Gasteiger partial charge on any atom is 0.238 e. The van der Waals surface area contributed by atoms with Gasteiger partial charge in [0, 0.05) is 23.6 Å². The quantitative estimate of drug-likeness (QED) is 0.887. The molecule has 0 saturated carbocycles. The van der Waals surface area contributed by atoms with Crippen molar-refractivity contribution < 1.29 is 4.79 Å². The molecule has 2 rings (SSSR count). The van der Waals surface area contributed by atoms with Gasteiger partial charge < -0.3 is 5.32 Å². The van der Waals surface area contributed by atoms with Gasteiger partial charge in [-0.1, -0.05) is 13.8 Å². The molecule has 0 aliphatic carbocycles. The van der Waals surface area contributed by atoms with Gasteiger partial charge in [0.2, 0.25) is 5.91 Å². The molecule has 1 amide bonds. The maximum absolute atomic E-state index is 12.1. The fourth-order valence-electron chi connectivity index (χ4n) is 2.53. The molecule has 2 unspecified atom stereocenters. The predicted molar refractivity (Wildman–Crippen MR) is 79.6 cm³/mol. The molecular formula is C13H22N4OS. The average Bonchev–Trinajstić information content (AvgIpc) is 2.59. The molecule has 2 heterocycles. The smallest absolute Gasteiger partial charge is 0.238 e. The molecule has 1 aromatic rings. The van der Waals surface area contributed by atoms with E-state index in [1.165, 1.54) is 0 Å². The van der Waals surface area contributed by atoms with Gasteiger partial charge in [0.15, 0.2) is 0 Å². The first-order valence-corrected chi connectivity index (χ1v) is 7.59. The van der Waals surface area contributed by atoms with E-state index in [0.717, 1.165) is 30.2 Å². The van der Waals surface area contributed by atoms with Gasteiger partial charge in [-0.3, -0.25) is 14.8 Å². The molecule has 106 valence electrons. The fourth-order valence-corrected chi connectivity index (χ4v) is 3.92. The number of rotatable bonds is 3. The second-order valence-electron chi connectivity index (χ2n) is 5.31. The van der Waals surface area contributed by atoms with Crippen molar-refractivity contribution in [3.63, 3.8) is 0 Å². The van der Waals surface area contributed by atoms with Crippen LogP contribution in [0.3, 0.4) is 0 Å². The average molecular weight is 282 g/mol. The zero-order valence-corrected chi connectivity index (χ0v) is 12.8. The maximum atomic E-state index is 12.1. The summed E-state index contributed by atoms with van der Waals surface area (Å²) in [5.74, 6) is 0.0406. The molecule has 0 radical (unpaired) electrons. The van der Waals surface area contributed by atoms with Gasteiger partial charge in [-0.15, -0.1) is 0 Å². The van der Waals surface area contributed by atoms with Crippen molar-refractivity contribution in [2.45, 2.75) is 38.2 Å². The van der Waals surface area contributed by atoms with E-state index in [1.54, 1.807) is 0 Å². The summed E-state index contributed by atoms with van der Waals surface area (Å²) >= 11 is 1.99. The molecule has 0 bridgehead atoms. The first-order chi connectivity index (χ1) is 8.95. The second-order valence-corrected chi connectivity index (χ2v) is 7.19. The molecule has 1 aromatic heterocycles. The molecule has 1 aliphatic rings. The minimum absolute atomic E-state index is 0.0406. The van der Waals surface area contributed by atoms with Gasteiger partial charge in [0.05, 0.1) is 23.6 Å². The van der Waals surface area contributed by atoms with Crippen LogP contribution in [0, 0.1) is 13.8 Å². The van der Waals surface area contributed by atoms with E-state index < -0.39 is 0 Å². The number of aromatic nitrogens is 2. The molecule has 5 nitrogen and oxygen atoms in total. The monoisotopic (exact) mass is 282 g/mol. The number of thioether (sulfide) groups is 1. The summed E-state index contributed by atoms with van der Waals surface area (Å²) in [6.07, 6.45) is 0. The van der Waals surface area contributed by atoms with E-state index in [1.807, 2.05) is 25.6 Å². The van der Waals surface area contributed by atoms with Crippen LogP contribution in [0.5, 0.6) is 0 Å². The summed E-state index contributed by atoms with van der Waals surface area (Å²) in [6.45, 7) is 10.7. The molecule has 1 saturated heterocycles. The van der Waals surface area contributed by atoms with Crippen molar-refractivity contribution in [3.8, 4) is 0 Å². The van der Waals surface area contributed by atoms with Crippen LogP contribution in [-0.2, 0) is 4.79 Å². The number of hydrogen-bond donors (Lipinski definition) is 2. The Bertz CT molecular complexity index is 430. The third-order valence-electron chi connectivity index (χ3n) is 3.25. The lowest BCUT2D eigenvalue weighted by atomic mass is 10.3. The Kier molecular flexibility index (Phi) is 4.52. The van der Waals surface area contributed by atoms with Crippen LogP contribution < -0.4 is 5.32 Å². The number of anilines is 1. The van der Waals surface area contributed by atoms with Crippen molar-refractivity contribution in [1.29, 1.82) is 0 Å². The number of nitrogens with zero attached hydrogens (tertiary/aromatic N) is 2. The Labute approximate surface area is 118 Å². The van der Waals surface area contributed by atoms with Crippen LogP contribution >= 0.6 is 11.8 Å². The minimum Gasteiger partial charge on any atom is -0.322 e. The van der Waals surface area contributed by atoms with Gasteiger partial charge in [-0.05, 0) is 13.8 Å². The van der Waals surface area contributed by atoms with Crippen molar-refractivity contribution in [2.24, 2.45) is 0 Å². The van der Waals surface area contributed by atoms with Crippen molar-refractivity contribution in [1.82, 2.24) is 15.1 Å². The van der Waals surface area contributed by atoms with E-state index >= 15 is 0 Å². The lowest BCUT2D eigenvalue weighted by molar-refractivity contribution is -0.117. The Balaban J connectivity index is 1.91. The molecule has 6 heteroatoms. The van der Waals surface area contributed by atoms with E-state index in [2.05, 4.69) is 34.3 Å². The number of aromatic amines is 1. The summed E-state index contributed by atoms with van der Waals surface area (Å²) in [5, 5.41) is 11.1. The minimum atomic E-state index is 0.0406. The van der Waals surface area contributed by atoms with E-state index in [4.69, 9.17) is 0 Å². The molecule has 0 aromatic carbocycles. The Hall–Kier alpha value is -1.01. The molecule has 2 atom stereocenters. The van der Waals surface area contributed by atoms with E-state index in [0.29, 0.717) is 17.0 Å². The number of aryl methyl sites for hydroxylation is 2. The van der Waals surface area contributed by atoms with Gasteiger partial charge in [0.1, 0.15) is 0 Å². The third-order valence-corrected chi connectivity index (χ3v) is 4.48. The summed E-state index contributed by atoms with van der Waals surface area (Å²) in [5.41, 5.74) is 2.56. The number of amides is 1. The van der Waals surface area contributed by atoms with Crippen LogP contribution in [0.1, 0.15) is 25.2 Å². The van der Waals surface area contributed by atoms with E-state index in [-0.39, 0.29) is 5.91 Å². The van der Waals surface area contributed by atoms with Crippen molar-refractivity contribution in [2.75, 3.05) is 25.0 Å². The lowest BCUT2D eigenvalue weighted by Crippen LogP contribution is -2.44. The highest BCUT2D eigenvalue weighted by atomic mass is 32.2. The molecule has 19 heavy (non-hydrogen) atoms. The molecule has 1 aliphatic heterocycles. The summed E-state index contributed by atoms with van der Waals surface area (Å²) in [6, 6.07) is 0. The van der Waals surface area contributed by atoms with Crippen molar-refractivity contribution in [3.05, 3.63) is 11.4 Å². The third kappa shape index (κ3) is 3.73. The Morgan fingerprint density at radius 3 is 2.58 bits per heavy atom. The number of H-pyrrole nitrogens is 1. The first-order valence-electron chi connectivity index (χ1n) is 6.65. The Morgan fingerprint density at radius 1 is 1.42 bits per heavy atom. The first kappa shape index (κ1) is 14.4. The van der Waals surface area contributed by atoms with Gasteiger partial charge in [-0.2, -0.15) is 16.9 Å². The second kappa shape index (κ2) is 5.96. The zero-order chi connectivity index (χ0) is 14.0. The van der Waals surface area contributed by atoms with Crippen molar-refractivity contribution >= 4 is 23.4 Å². The summed E-state index contributed by atoms with van der Waals surface area (Å²) in [7, 11) is 0. The zero-order valence-electron chi connectivity index (χ0n) is 12.0. The normalized spacial score (nSPS) is 24.4. The highest BCUT2D eigenvalue weighted by Crippen LogP contribution is 2.24. The van der Waals surface area contributed by atoms with Crippen LogP contribution in [0.25, 0.3) is 0 Å². The lowest BCUT2D eigenvalue weighted by Gasteiger charge is -2.33. The number of carbonyl (C=O) groups is 1. The topological polar surface area (TPSA) is 61.0 Å². The Morgan fingerprint density at radius 2 is 2.05 bits per heavy atom. The SMILES string of the molecule is Cc1n[nH]c(C)c1NC(=O)CN1CC(C)SC(C)C1. The predicted octanol–water partition coefficient (Wildman–Crippen LogP) is 1.79. The molecule has 0 spiro atoms. The van der Waals surface area contributed by atoms with E-state index in [9.17, 15) is 4.79 Å². The fraction of sp³-hybridized carbons (Fsp3) is 0.692. The largest absolute Gasteiger partial charge is 0.322 e. The summed E-state index contributed by atoms with van der Waals surface area (Å²) < 4.78 is 0. The van der Waals surface area contributed by atoms with Crippen LogP contribution in [-0.4, -0.2) is 51.1 Å². The molecular weight excluding hydrogens is 260 g/mol. The number of hydrogen-bond acceptors (Lipinski definition) is 4. The van der Waals surface area contributed by atoms with Crippen LogP contribution in [0.4, 0.5) is 5.69 Å². The van der Waals surface area contributed by atoms with Gasteiger partial charge in [0.25, 0.3) is 0 Å². The van der Waals surface area contributed by atoms with Crippen LogP contribution in [0.2, 0.25) is 0 Å². The standard InChI is InChI=1S/C13H22N4OS/c1-8-5-17(6-9(2)19-8)7-12(18)14-13-10(3)15-16-11(13)4/h8-9H,5-7H2,1-4H3,(H,14,18)(H,15,16). The van der Waals surface area contributed by atoms with Gasteiger partial charge >= 0.3 is 0 Å². The number of carbonyl (C=O) groups excluding carboxylic acids is 1. The number of nitrogens with one attached hydrogen (secondary N) is 2. The van der Waals surface area contributed by atoms with Crippen LogP contribution in [0.15, 0.2) is 0 Å². The highest BCUT2D eigenvalue weighted by Gasteiger charge is 2.24.